The molecule has 134 valence electrons. The lowest BCUT2D eigenvalue weighted by atomic mass is 10.1. The molecule has 3 aromatic rings. The lowest BCUT2D eigenvalue weighted by Crippen LogP contribution is -2.31. The zero-order valence-electron chi connectivity index (χ0n) is 14.1. The van der Waals surface area contributed by atoms with Crippen molar-refractivity contribution in [2.75, 3.05) is 5.32 Å². The summed E-state index contributed by atoms with van der Waals surface area (Å²) in [6.45, 7) is 2.27. The van der Waals surface area contributed by atoms with Gasteiger partial charge in [-0.2, -0.15) is 5.10 Å². The Morgan fingerprint density at radius 1 is 1.12 bits per heavy atom. The molecule has 0 radical (unpaired) electrons. The Morgan fingerprint density at radius 2 is 1.88 bits per heavy atom. The SMILES string of the molecule is CC(NC(=O)Nc1ccn(Cc2ccccc2)n1)c1ccc(F)c(F)c1. The van der Waals surface area contributed by atoms with Gasteiger partial charge in [-0.05, 0) is 30.2 Å². The number of amides is 2. The van der Waals surface area contributed by atoms with Crippen molar-refractivity contribution in [2.45, 2.75) is 19.5 Å². The number of benzene rings is 2. The molecule has 1 heterocycles. The van der Waals surface area contributed by atoms with E-state index in [1.165, 1.54) is 6.07 Å². The summed E-state index contributed by atoms with van der Waals surface area (Å²) in [4.78, 5) is 12.1. The molecule has 2 N–H and O–H groups in total. The van der Waals surface area contributed by atoms with Crippen molar-refractivity contribution in [3.8, 4) is 0 Å². The van der Waals surface area contributed by atoms with E-state index in [4.69, 9.17) is 0 Å². The number of aromatic nitrogens is 2. The number of urea groups is 1. The maximum atomic E-state index is 13.3. The summed E-state index contributed by atoms with van der Waals surface area (Å²) in [5.74, 6) is -1.47. The van der Waals surface area contributed by atoms with Gasteiger partial charge in [0.25, 0.3) is 0 Å². The molecule has 0 saturated carbocycles. The molecule has 0 bridgehead atoms. The molecule has 7 heteroatoms. The molecule has 5 nitrogen and oxygen atoms in total. The number of nitrogens with one attached hydrogen (secondary N) is 2. The van der Waals surface area contributed by atoms with Gasteiger partial charge in [-0.3, -0.25) is 10.00 Å². The van der Waals surface area contributed by atoms with Gasteiger partial charge in [0, 0.05) is 12.3 Å². The van der Waals surface area contributed by atoms with Crippen LogP contribution in [0.5, 0.6) is 0 Å². The van der Waals surface area contributed by atoms with Crippen LogP contribution in [0.25, 0.3) is 0 Å². The van der Waals surface area contributed by atoms with Gasteiger partial charge in [0.1, 0.15) is 0 Å². The fraction of sp³-hybridized carbons (Fsp3) is 0.158. The normalized spacial score (nSPS) is 11.8. The van der Waals surface area contributed by atoms with Crippen molar-refractivity contribution in [2.24, 2.45) is 0 Å². The van der Waals surface area contributed by atoms with Crippen molar-refractivity contribution in [3.05, 3.63) is 83.6 Å². The number of anilines is 1. The fourth-order valence-corrected chi connectivity index (χ4v) is 2.50. The molecule has 1 unspecified atom stereocenters. The zero-order chi connectivity index (χ0) is 18.5. The molecule has 1 aromatic heterocycles. The van der Waals surface area contributed by atoms with Gasteiger partial charge in [0.2, 0.25) is 0 Å². The fourth-order valence-electron chi connectivity index (χ4n) is 2.50. The van der Waals surface area contributed by atoms with Crippen molar-refractivity contribution in [1.29, 1.82) is 0 Å². The average Bonchev–Trinajstić information content (AvgIpc) is 3.04. The summed E-state index contributed by atoms with van der Waals surface area (Å²) >= 11 is 0. The third kappa shape index (κ3) is 4.44. The lowest BCUT2D eigenvalue weighted by molar-refractivity contribution is 0.249. The first kappa shape index (κ1) is 17.6. The van der Waals surface area contributed by atoms with E-state index in [-0.39, 0.29) is 0 Å². The average molecular weight is 356 g/mol. The summed E-state index contributed by atoms with van der Waals surface area (Å²) < 4.78 is 28.0. The summed E-state index contributed by atoms with van der Waals surface area (Å²) in [5, 5.41) is 9.57. The number of nitrogens with zero attached hydrogens (tertiary/aromatic N) is 2. The van der Waals surface area contributed by atoms with Crippen LogP contribution in [0, 0.1) is 11.6 Å². The molecule has 1 atom stereocenters. The highest BCUT2D eigenvalue weighted by atomic mass is 19.2. The summed E-state index contributed by atoms with van der Waals surface area (Å²) in [7, 11) is 0. The molecule has 0 aliphatic carbocycles. The van der Waals surface area contributed by atoms with Crippen LogP contribution < -0.4 is 10.6 Å². The third-order valence-electron chi connectivity index (χ3n) is 3.86. The maximum Gasteiger partial charge on any atom is 0.320 e. The first-order chi connectivity index (χ1) is 12.5. The minimum absolute atomic E-state index is 0.399. The van der Waals surface area contributed by atoms with Gasteiger partial charge in [-0.25, -0.2) is 13.6 Å². The topological polar surface area (TPSA) is 59.0 Å². The molecular formula is C19H18F2N4O. The van der Waals surface area contributed by atoms with Crippen LogP contribution in [0.1, 0.15) is 24.1 Å². The molecular weight excluding hydrogens is 338 g/mol. The number of rotatable bonds is 5. The molecule has 2 aromatic carbocycles. The molecule has 0 spiro atoms. The van der Waals surface area contributed by atoms with E-state index in [1.54, 1.807) is 23.9 Å². The van der Waals surface area contributed by atoms with E-state index in [0.717, 1.165) is 17.7 Å². The van der Waals surface area contributed by atoms with Gasteiger partial charge in [-0.1, -0.05) is 36.4 Å². The predicted molar refractivity (Wildman–Crippen MR) is 94.7 cm³/mol. The van der Waals surface area contributed by atoms with Crippen molar-refractivity contribution in [1.82, 2.24) is 15.1 Å². The minimum atomic E-state index is -0.948. The lowest BCUT2D eigenvalue weighted by Gasteiger charge is -2.14. The summed E-state index contributed by atoms with van der Waals surface area (Å²) in [6.07, 6.45) is 1.77. The van der Waals surface area contributed by atoms with Crippen LogP contribution in [-0.4, -0.2) is 15.8 Å². The van der Waals surface area contributed by atoms with Crippen molar-refractivity contribution < 1.29 is 13.6 Å². The van der Waals surface area contributed by atoms with E-state index in [0.29, 0.717) is 17.9 Å². The summed E-state index contributed by atoms with van der Waals surface area (Å²) in [6, 6.07) is 14.1. The zero-order valence-corrected chi connectivity index (χ0v) is 14.1. The van der Waals surface area contributed by atoms with Crippen LogP contribution in [-0.2, 0) is 6.54 Å². The van der Waals surface area contributed by atoms with Crippen LogP contribution in [0.15, 0.2) is 60.8 Å². The Balaban J connectivity index is 1.57. The smallest absolute Gasteiger partial charge is 0.320 e. The molecule has 0 saturated heterocycles. The molecule has 2 amide bonds. The second-order valence-corrected chi connectivity index (χ2v) is 5.88. The quantitative estimate of drug-likeness (QED) is 0.723. The molecule has 0 aliphatic heterocycles. The third-order valence-corrected chi connectivity index (χ3v) is 3.86. The molecule has 26 heavy (non-hydrogen) atoms. The molecule has 0 fully saturated rings. The Hall–Kier alpha value is -3.22. The van der Waals surface area contributed by atoms with Gasteiger partial charge < -0.3 is 5.32 Å². The standard InChI is InChI=1S/C19H18F2N4O/c1-13(15-7-8-16(20)17(21)11-15)22-19(26)23-18-9-10-25(24-18)12-14-5-3-2-4-6-14/h2-11,13H,12H2,1H3,(H2,22,23,24,26). The summed E-state index contributed by atoms with van der Waals surface area (Å²) in [5.41, 5.74) is 1.56. The maximum absolute atomic E-state index is 13.3. The number of hydrogen-bond acceptors (Lipinski definition) is 2. The van der Waals surface area contributed by atoms with Gasteiger partial charge in [0.15, 0.2) is 17.5 Å². The Kier molecular flexibility index (Phi) is 5.26. The second-order valence-electron chi connectivity index (χ2n) is 5.88. The van der Waals surface area contributed by atoms with Gasteiger partial charge >= 0.3 is 6.03 Å². The first-order valence-electron chi connectivity index (χ1n) is 8.11. The Labute approximate surface area is 149 Å². The van der Waals surface area contributed by atoms with E-state index < -0.39 is 23.7 Å². The minimum Gasteiger partial charge on any atom is -0.331 e. The van der Waals surface area contributed by atoms with Crippen molar-refractivity contribution >= 4 is 11.8 Å². The van der Waals surface area contributed by atoms with Crippen LogP contribution in [0.2, 0.25) is 0 Å². The largest absolute Gasteiger partial charge is 0.331 e. The van der Waals surface area contributed by atoms with Gasteiger partial charge in [-0.15, -0.1) is 0 Å². The van der Waals surface area contributed by atoms with Crippen LogP contribution in [0.3, 0.4) is 0 Å². The number of carbonyl (C=O) groups excluding carboxylic acids is 1. The highest BCUT2D eigenvalue weighted by Crippen LogP contribution is 2.16. The van der Waals surface area contributed by atoms with Gasteiger partial charge in [0.05, 0.1) is 12.6 Å². The second kappa shape index (κ2) is 7.77. The Bertz CT molecular complexity index is 896. The highest BCUT2D eigenvalue weighted by Gasteiger charge is 2.13. The first-order valence-corrected chi connectivity index (χ1v) is 8.11. The monoisotopic (exact) mass is 356 g/mol. The van der Waals surface area contributed by atoms with Crippen LogP contribution >= 0.6 is 0 Å². The van der Waals surface area contributed by atoms with Crippen molar-refractivity contribution in [3.63, 3.8) is 0 Å². The number of hydrogen-bond donors (Lipinski definition) is 2. The van der Waals surface area contributed by atoms with E-state index >= 15 is 0 Å². The predicted octanol–water partition coefficient (Wildman–Crippen LogP) is 4.09. The van der Waals surface area contributed by atoms with E-state index in [9.17, 15) is 13.6 Å². The number of halogens is 2. The molecule has 3 rings (SSSR count). The molecule has 0 aliphatic rings. The van der Waals surface area contributed by atoms with E-state index in [1.807, 2.05) is 30.3 Å². The Morgan fingerprint density at radius 3 is 2.62 bits per heavy atom. The highest BCUT2D eigenvalue weighted by molar-refractivity contribution is 5.88. The van der Waals surface area contributed by atoms with E-state index in [2.05, 4.69) is 15.7 Å². The number of carbonyl (C=O) groups is 1. The van der Waals surface area contributed by atoms with Crippen LogP contribution in [0.4, 0.5) is 19.4 Å².